The van der Waals surface area contributed by atoms with Crippen molar-refractivity contribution < 1.29 is 26.7 Å². The Hall–Kier alpha value is -1.84. The average Bonchev–Trinajstić information content (AvgIpc) is 2.99. The zero-order valence-electron chi connectivity index (χ0n) is 16.6. The lowest BCUT2D eigenvalue weighted by molar-refractivity contribution is -0.128. The van der Waals surface area contributed by atoms with Gasteiger partial charge in [0, 0.05) is 32.8 Å². The summed E-state index contributed by atoms with van der Waals surface area (Å²) in [6.45, 7) is 0.617. The van der Waals surface area contributed by atoms with Crippen molar-refractivity contribution in [3.8, 4) is 0 Å². The zero-order valence-corrected chi connectivity index (χ0v) is 17.4. The molecule has 0 spiro atoms. The van der Waals surface area contributed by atoms with Crippen LogP contribution in [0.4, 0.5) is 8.78 Å². The summed E-state index contributed by atoms with van der Waals surface area (Å²) in [5.41, 5.74) is 0.608. The van der Waals surface area contributed by atoms with Gasteiger partial charge in [0.25, 0.3) is 6.43 Å². The van der Waals surface area contributed by atoms with Crippen LogP contribution in [-0.4, -0.2) is 69.9 Å². The number of hydrogen-bond donors (Lipinski definition) is 0. The normalized spacial score (nSPS) is 16.3. The van der Waals surface area contributed by atoms with Gasteiger partial charge in [0.2, 0.25) is 15.9 Å². The second kappa shape index (κ2) is 11.4. The van der Waals surface area contributed by atoms with Crippen molar-refractivity contribution in [3.05, 3.63) is 35.9 Å². The molecule has 0 unspecified atom stereocenters. The highest BCUT2D eigenvalue weighted by Gasteiger charge is 2.24. The first-order valence-electron chi connectivity index (χ1n) is 9.69. The fraction of sp³-hybridized carbons (Fsp3) is 0.550. The van der Waals surface area contributed by atoms with E-state index in [0.717, 1.165) is 30.6 Å². The molecular formula is C20H28F2N2O4S. The molecule has 2 rings (SSSR count). The molecule has 29 heavy (non-hydrogen) atoms. The molecule has 1 fully saturated rings. The Morgan fingerprint density at radius 1 is 1.17 bits per heavy atom. The van der Waals surface area contributed by atoms with Crippen molar-refractivity contribution >= 4 is 22.0 Å². The number of benzene rings is 1. The summed E-state index contributed by atoms with van der Waals surface area (Å²) in [4.78, 5) is 13.4. The SMILES string of the molecule is COCCN(CC(F)F)C(=O)/C=C/c1ccc(S(=O)(=O)N2CCCCCC2)cc1. The van der Waals surface area contributed by atoms with Gasteiger partial charge in [-0.1, -0.05) is 25.0 Å². The molecule has 1 aromatic carbocycles. The highest BCUT2D eigenvalue weighted by atomic mass is 32.2. The maximum Gasteiger partial charge on any atom is 0.255 e. The molecule has 1 heterocycles. The van der Waals surface area contributed by atoms with E-state index in [9.17, 15) is 22.0 Å². The van der Waals surface area contributed by atoms with E-state index in [1.807, 2.05) is 0 Å². The highest BCUT2D eigenvalue weighted by Crippen LogP contribution is 2.21. The van der Waals surface area contributed by atoms with Gasteiger partial charge in [0.15, 0.2) is 0 Å². The van der Waals surface area contributed by atoms with Gasteiger partial charge >= 0.3 is 0 Å². The van der Waals surface area contributed by atoms with Crippen LogP contribution in [0.2, 0.25) is 0 Å². The number of ether oxygens (including phenoxy) is 1. The van der Waals surface area contributed by atoms with E-state index in [1.54, 1.807) is 12.1 Å². The molecule has 162 valence electrons. The van der Waals surface area contributed by atoms with Crippen LogP contribution >= 0.6 is 0 Å². The first-order chi connectivity index (χ1) is 13.8. The van der Waals surface area contributed by atoms with Crippen molar-refractivity contribution in [2.75, 3.05) is 39.9 Å². The molecule has 6 nitrogen and oxygen atoms in total. The van der Waals surface area contributed by atoms with Crippen molar-refractivity contribution in [3.63, 3.8) is 0 Å². The number of alkyl halides is 2. The van der Waals surface area contributed by atoms with Gasteiger partial charge in [0.05, 0.1) is 18.0 Å². The summed E-state index contributed by atoms with van der Waals surface area (Å²) in [7, 11) is -2.10. The highest BCUT2D eigenvalue weighted by molar-refractivity contribution is 7.89. The van der Waals surface area contributed by atoms with Gasteiger partial charge in [-0.15, -0.1) is 0 Å². The lowest BCUT2D eigenvalue weighted by Gasteiger charge is -2.20. The minimum atomic E-state index is -3.53. The average molecular weight is 431 g/mol. The van der Waals surface area contributed by atoms with Gasteiger partial charge in [-0.05, 0) is 36.6 Å². The molecule has 1 saturated heterocycles. The molecule has 9 heteroatoms. The van der Waals surface area contributed by atoms with Crippen LogP contribution < -0.4 is 0 Å². The second-order valence-electron chi connectivity index (χ2n) is 6.89. The molecule has 0 aliphatic carbocycles. The molecule has 1 amide bonds. The third kappa shape index (κ3) is 7.17. The molecule has 0 radical (unpaired) electrons. The Morgan fingerprint density at radius 3 is 2.34 bits per heavy atom. The molecule has 0 atom stereocenters. The van der Waals surface area contributed by atoms with E-state index in [4.69, 9.17) is 4.74 Å². The molecule has 1 aliphatic heterocycles. The minimum Gasteiger partial charge on any atom is -0.383 e. The van der Waals surface area contributed by atoms with Crippen LogP contribution in [-0.2, 0) is 19.6 Å². The van der Waals surface area contributed by atoms with E-state index >= 15 is 0 Å². The van der Waals surface area contributed by atoms with Crippen molar-refractivity contribution in [2.24, 2.45) is 0 Å². The largest absolute Gasteiger partial charge is 0.383 e. The Labute approximate surface area is 171 Å². The van der Waals surface area contributed by atoms with E-state index in [2.05, 4.69) is 0 Å². The third-order valence-corrected chi connectivity index (χ3v) is 6.65. The molecule has 0 aromatic heterocycles. The van der Waals surface area contributed by atoms with Gasteiger partial charge in [-0.2, -0.15) is 4.31 Å². The number of methoxy groups -OCH3 is 1. The van der Waals surface area contributed by atoms with Gasteiger partial charge in [0.1, 0.15) is 0 Å². The Bertz CT molecular complexity index is 774. The van der Waals surface area contributed by atoms with Crippen molar-refractivity contribution in [1.29, 1.82) is 0 Å². The van der Waals surface area contributed by atoms with Crippen LogP contribution in [0, 0.1) is 0 Å². The summed E-state index contributed by atoms with van der Waals surface area (Å²) in [6, 6.07) is 6.21. The number of amides is 1. The smallest absolute Gasteiger partial charge is 0.255 e. The second-order valence-corrected chi connectivity index (χ2v) is 8.83. The molecular weight excluding hydrogens is 402 g/mol. The maximum absolute atomic E-state index is 12.8. The van der Waals surface area contributed by atoms with E-state index in [0.29, 0.717) is 18.7 Å². The monoisotopic (exact) mass is 430 g/mol. The summed E-state index contributed by atoms with van der Waals surface area (Å²) in [6.07, 6.45) is 3.85. The first kappa shape index (κ1) is 23.4. The molecule has 0 N–H and O–H groups in total. The summed E-state index contributed by atoms with van der Waals surface area (Å²) >= 11 is 0. The minimum absolute atomic E-state index is 0.0665. The van der Waals surface area contributed by atoms with E-state index < -0.39 is 28.9 Å². The fourth-order valence-corrected chi connectivity index (χ4v) is 4.63. The molecule has 0 bridgehead atoms. The summed E-state index contributed by atoms with van der Waals surface area (Å²) in [5.74, 6) is -0.552. The Kier molecular flexibility index (Phi) is 9.19. The number of rotatable bonds is 9. The first-order valence-corrected chi connectivity index (χ1v) is 11.1. The Balaban J connectivity index is 2.05. The van der Waals surface area contributed by atoms with Crippen LogP contribution in [0.1, 0.15) is 31.2 Å². The quantitative estimate of drug-likeness (QED) is 0.565. The van der Waals surface area contributed by atoms with E-state index in [-0.39, 0.29) is 18.0 Å². The van der Waals surface area contributed by atoms with Gasteiger partial charge < -0.3 is 9.64 Å². The predicted molar refractivity (Wildman–Crippen MR) is 107 cm³/mol. The molecule has 1 aliphatic rings. The summed E-state index contributed by atoms with van der Waals surface area (Å²) < 4.78 is 57.2. The maximum atomic E-state index is 12.8. The Morgan fingerprint density at radius 2 is 1.79 bits per heavy atom. The topological polar surface area (TPSA) is 66.9 Å². The number of nitrogens with zero attached hydrogens (tertiary/aromatic N) is 2. The number of hydrogen-bond acceptors (Lipinski definition) is 4. The third-order valence-electron chi connectivity index (χ3n) is 4.74. The number of halogens is 2. The van der Waals surface area contributed by atoms with Crippen LogP contribution in [0.5, 0.6) is 0 Å². The van der Waals surface area contributed by atoms with Crippen LogP contribution in [0.3, 0.4) is 0 Å². The lowest BCUT2D eigenvalue weighted by atomic mass is 10.2. The lowest BCUT2D eigenvalue weighted by Crippen LogP contribution is -2.36. The fourth-order valence-electron chi connectivity index (χ4n) is 3.11. The number of carbonyl (C=O) groups excluding carboxylic acids is 1. The van der Waals surface area contributed by atoms with Gasteiger partial charge in [-0.3, -0.25) is 4.79 Å². The van der Waals surface area contributed by atoms with Crippen molar-refractivity contribution in [1.82, 2.24) is 9.21 Å². The predicted octanol–water partition coefficient (Wildman–Crippen LogP) is 3.00. The number of sulfonamides is 1. The van der Waals surface area contributed by atoms with Crippen LogP contribution in [0.25, 0.3) is 6.08 Å². The molecule has 0 saturated carbocycles. The van der Waals surface area contributed by atoms with Gasteiger partial charge in [-0.25, -0.2) is 17.2 Å². The van der Waals surface area contributed by atoms with Crippen LogP contribution in [0.15, 0.2) is 35.2 Å². The van der Waals surface area contributed by atoms with Crippen molar-refractivity contribution in [2.45, 2.75) is 37.0 Å². The standard InChI is InChI=1S/C20H28F2N2O4S/c1-28-15-14-23(16-19(21)22)20(25)11-8-17-6-9-18(10-7-17)29(26,27)24-12-4-2-3-5-13-24/h6-11,19H,2-5,12-16H2,1H3/b11-8+. The molecule has 1 aromatic rings. The number of carbonyl (C=O) groups is 1. The summed E-state index contributed by atoms with van der Waals surface area (Å²) in [5, 5.41) is 0. The van der Waals surface area contributed by atoms with E-state index in [1.165, 1.54) is 35.7 Å². The zero-order chi connectivity index (χ0) is 21.3.